The van der Waals surface area contributed by atoms with Crippen LogP contribution in [0.15, 0.2) is 24.3 Å². The van der Waals surface area contributed by atoms with Gasteiger partial charge in [-0.05, 0) is 38.0 Å². The molecule has 88 valence electrons. The smallest absolute Gasteiger partial charge is 0.326 e. The monoisotopic (exact) mass is 221 g/mol. The molecule has 0 aliphatic heterocycles. The van der Waals surface area contributed by atoms with Crippen LogP contribution in [0.2, 0.25) is 0 Å². The van der Waals surface area contributed by atoms with Crippen molar-refractivity contribution in [2.75, 3.05) is 11.4 Å². The second-order valence-electron chi connectivity index (χ2n) is 3.82. The van der Waals surface area contributed by atoms with Crippen molar-refractivity contribution in [2.45, 2.75) is 33.2 Å². The summed E-state index contributed by atoms with van der Waals surface area (Å²) in [5, 5.41) is 9.00. The number of carbonyl (C=O) groups is 1. The van der Waals surface area contributed by atoms with Crippen LogP contribution in [-0.4, -0.2) is 23.7 Å². The van der Waals surface area contributed by atoms with Crippen molar-refractivity contribution in [3.63, 3.8) is 0 Å². The van der Waals surface area contributed by atoms with Gasteiger partial charge in [0.25, 0.3) is 0 Å². The van der Waals surface area contributed by atoms with Crippen molar-refractivity contribution in [3.05, 3.63) is 29.8 Å². The minimum Gasteiger partial charge on any atom is -0.480 e. The van der Waals surface area contributed by atoms with E-state index in [1.807, 2.05) is 36.1 Å². The lowest BCUT2D eigenvalue weighted by molar-refractivity contribution is -0.138. The van der Waals surface area contributed by atoms with Gasteiger partial charge in [-0.2, -0.15) is 0 Å². The molecule has 0 fully saturated rings. The summed E-state index contributed by atoms with van der Waals surface area (Å²) < 4.78 is 0. The first-order valence-electron chi connectivity index (χ1n) is 5.68. The van der Waals surface area contributed by atoms with Crippen LogP contribution in [0.1, 0.15) is 26.3 Å². The minimum atomic E-state index is -0.790. The third-order valence-electron chi connectivity index (χ3n) is 2.84. The summed E-state index contributed by atoms with van der Waals surface area (Å²) in [6.07, 6.45) is 1.00. The maximum atomic E-state index is 11.0. The Balaban J connectivity index is 2.90. The number of rotatable bonds is 5. The van der Waals surface area contributed by atoms with E-state index < -0.39 is 12.0 Å². The second kappa shape index (κ2) is 5.54. The largest absolute Gasteiger partial charge is 0.480 e. The van der Waals surface area contributed by atoms with Crippen LogP contribution in [0.4, 0.5) is 5.69 Å². The maximum Gasteiger partial charge on any atom is 0.326 e. The number of benzene rings is 1. The van der Waals surface area contributed by atoms with Crippen LogP contribution >= 0.6 is 0 Å². The lowest BCUT2D eigenvalue weighted by atomic mass is 10.1. The molecule has 16 heavy (non-hydrogen) atoms. The van der Waals surface area contributed by atoms with Crippen molar-refractivity contribution in [2.24, 2.45) is 0 Å². The molecule has 0 aliphatic rings. The third kappa shape index (κ3) is 2.75. The number of likely N-dealkylation sites (N-methyl/N-ethyl adjacent to an activating group) is 1. The molecule has 0 saturated carbocycles. The van der Waals surface area contributed by atoms with Gasteiger partial charge in [0.2, 0.25) is 0 Å². The van der Waals surface area contributed by atoms with E-state index in [1.165, 1.54) is 5.56 Å². The molecule has 0 unspecified atom stereocenters. The molecule has 3 nitrogen and oxygen atoms in total. The Morgan fingerprint density at radius 3 is 2.25 bits per heavy atom. The summed E-state index contributed by atoms with van der Waals surface area (Å²) in [7, 11) is 0. The van der Waals surface area contributed by atoms with Crippen LogP contribution in [-0.2, 0) is 11.2 Å². The highest BCUT2D eigenvalue weighted by molar-refractivity contribution is 5.77. The van der Waals surface area contributed by atoms with Gasteiger partial charge in [-0.25, -0.2) is 4.79 Å². The predicted octanol–water partition coefficient (Wildman–Crippen LogP) is 2.55. The molecule has 1 N–H and O–H groups in total. The Labute approximate surface area is 96.7 Å². The summed E-state index contributed by atoms with van der Waals surface area (Å²) >= 11 is 0. The lowest BCUT2D eigenvalue weighted by Gasteiger charge is -2.27. The topological polar surface area (TPSA) is 40.5 Å². The zero-order valence-corrected chi connectivity index (χ0v) is 10.1. The first kappa shape index (κ1) is 12.6. The first-order chi connectivity index (χ1) is 7.60. The van der Waals surface area contributed by atoms with Gasteiger partial charge in [-0.15, -0.1) is 0 Å². The van der Waals surface area contributed by atoms with Gasteiger partial charge in [0, 0.05) is 12.2 Å². The zero-order chi connectivity index (χ0) is 12.1. The number of aryl methyl sites for hydroxylation is 1. The zero-order valence-electron chi connectivity index (χ0n) is 10.1. The highest BCUT2D eigenvalue weighted by atomic mass is 16.4. The van der Waals surface area contributed by atoms with Gasteiger partial charge in [0.1, 0.15) is 6.04 Å². The van der Waals surface area contributed by atoms with Gasteiger partial charge in [-0.3, -0.25) is 0 Å². The molecule has 3 heteroatoms. The number of hydrogen-bond acceptors (Lipinski definition) is 2. The van der Waals surface area contributed by atoms with Crippen molar-refractivity contribution in [3.8, 4) is 0 Å². The van der Waals surface area contributed by atoms with E-state index in [9.17, 15) is 4.79 Å². The third-order valence-corrected chi connectivity index (χ3v) is 2.84. The Morgan fingerprint density at radius 2 is 1.88 bits per heavy atom. The maximum absolute atomic E-state index is 11.0. The Kier molecular flexibility index (Phi) is 4.35. The van der Waals surface area contributed by atoms with E-state index in [-0.39, 0.29) is 0 Å². The van der Waals surface area contributed by atoms with Crippen LogP contribution in [0.25, 0.3) is 0 Å². The van der Waals surface area contributed by atoms with Crippen molar-refractivity contribution in [1.82, 2.24) is 0 Å². The standard InChI is InChI=1S/C13H19NO2/c1-4-11-6-8-12(9-7-11)14(5-2)10(3)13(15)16/h6-10H,4-5H2,1-3H3,(H,15,16)/t10-/m1/s1. The van der Waals surface area contributed by atoms with Crippen LogP contribution in [0, 0.1) is 0 Å². The number of aliphatic carboxylic acids is 1. The Hall–Kier alpha value is -1.51. The fourth-order valence-corrected chi connectivity index (χ4v) is 1.74. The fraction of sp³-hybridized carbons (Fsp3) is 0.462. The molecule has 1 atom stereocenters. The quantitative estimate of drug-likeness (QED) is 0.830. The number of carboxylic acids is 1. The number of carboxylic acid groups (broad SMARTS) is 1. The highest BCUT2D eigenvalue weighted by Crippen LogP contribution is 2.18. The molecule has 0 heterocycles. The second-order valence-corrected chi connectivity index (χ2v) is 3.82. The molecule has 1 rings (SSSR count). The molecule has 0 bridgehead atoms. The van der Waals surface area contributed by atoms with E-state index in [1.54, 1.807) is 6.92 Å². The van der Waals surface area contributed by atoms with Crippen molar-refractivity contribution < 1.29 is 9.90 Å². The molecular weight excluding hydrogens is 202 g/mol. The van der Waals surface area contributed by atoms with E-state index in [0.717, 1.165) is 12.1 Å². The Morgan fingerprint density at radius 1 is 1.31 bits per heavy atom. The summed E-state index contributed by atoms with van der Waals surface area (Å²) in [4.78, 5) is 12.8. The average Bonchev–Trinajstić information content (AvgIpc) is 2.30. The van der Waals surface area contributed by atoms with Gasteiger partial charge >= 0.3 is 5.97 Å². The van der Waals surface area contributed by atoms with Crippen LogP contribution in [0.5, 0.6) is 0 Å². The SMILES string of the molecule is CCc1ccc(N(CC)[C@H](C)C(=O)O)cc1. The summed E-state index contributed by atoms with van der Waals surface area (Å²) in [5.41, 5.74) is 2.23. The van der Waals surface area contributed by atoms with E-state index in [2.05, 4.69) is 6.92 Å². The van der Waals surface area contributed by atoms with Gasteiger partial charge < -0.3 is 10.0 Å². The number of anilines is 1. The van der Waals surface area contributed by atoms with E-state index in [4.69, 9.17) is 5.11 Å². The van der Waals surface area contributed by atoms with E-state index >= 15 is 0 Å². The molecule has 0 saturated heterocycles. The molecule has 0 aromatic heterocycles. The minimum absolute atomic E-state index is 0.488. The van der Waals surface area contributed by atoms with E-state index in [0.29, 0.717) is 6.54 Å². The van der Waals surface area contributed by atoms with Gasteiger partial charge in [0.05, 0.1) is 0 Å². The van der Waals surface area contributed by atoms with Gasteiger partial charge in [-0.1, -0.05) is 19.1 Å². The molecular formula is C13H19NO2. The van der Waals surface area contributed by atoms with Crippen LogP contribution < -0.4 is 4.90 Å². The van der Waals surface area contributed by atoms with Crippen molar-refractivity contribution >= 4 is 11.7 Å². The number of nitrogens with zero attached hydrogens (tertiary/aromatic N) is 1. The van der Waals surface area contributed by atoms with Crippen LogP contribution in [0.3, 0.4) is 0 Å². The normalized spacial score (nSPS) is 12.2. The Bertz CT molecular complexity index is 345. The molecule has 0 amide bonds. The molecule has 1 aromatic rings. The molecule has 0 spiro atoms. The summed E-state index contributed by atoms with van der Waals surface area (Å²) in [6, 6.07) is 7.58. The predicted molar refractivity (Wildman–Crippen MR) is 65.9 cm³/mol. The highest BCUT2D eigenvalue weighted by Gasteiger charge is 2.19. The molecule has 1 aromatic carbocycles. The van der Waals surface area contributed by atoms with Gasteiger partial charge in [0.15, 0.2) is 0 Å². The summed E-state index contributed by atoms with van der Waals surface area (Å²) in [6.45, 7) is 6.47. The number of hydrogen-bond donors (Lipinski definition) is 1. The lowest BCUT2D eigenvalue weighted by Crippen LogP contribution is -2.38. The summed E-state index contributed by atoms with van der Waals surface area (Å²) in [5.74, 6) is -0.790. The molecule has 0 radical (unpaired) electrons. The molecule has 0 aliphatic carbocycles. The first-order valence-corrected chi connectivity index (χ1v) is 5.68. The van der Waals surface area contributed by atoms with Crippen molar-refractivity contribution in [1.29, 1.82) is 0 Å². The fourth-order valence-electron chi connectivity index (χ4n) is 1.74. The average molecular weight is 221 g/mol.